The van der Waals surface area contributed by atoms with E-state index in [-0.39, 0.29) is 25.0 Å². The standard InChI is InChI=1S/C22H22BrN3O3/c1-3-18-19(15-6-4-5-14(2)13-15)24-26(17-9-7-16(23)8-10-17)20(18)21(27)25-11-12-29-22(25)28/h4-10,13,18,20H,3,11-12H2,1-2H3/t18-,20-/m0/s1. The summed E-state index contributed by atoms with van der Waals surface area (Å²) in [6.07, 6.45) is 0.142. The van der Waals surface area contributed by atoms with E-state index >= 15 is 0 Å². The van der Waals surface area contributed by atoms with Gasteiger partial charge in [0.2, 0.25) is 0 Å². The first-order valence-electron chi connectivity index (χ1n) is 9.68. The Balaban J connectivity index is 1.79. The van der Waals surface area contributed by atoms with E-state index in [0.29, 0.717) is 0 Å². The predicted molar refractivity (Wildman–Crippen MR) is 115 cm³/mol. The molecular weight excluding hydrogens is 434 g/mol. The van der Waals surface area contributed by atoms with Crippen molar-refractivity contribution in [3.63, 3.8) is 0 Å². The van der Waals surface area contributed by atoms with E-state index in [1.54, 1.807) is 5.01 Å². The number of benzene rings is 2. The molecule has 2 aromatic carbocycles. The second-order valence-electron chi connectivity index (χ2n) is 7.24. The molecular formula is C22H22BrN3O3. The number of aryl methyl sites for hydroxylation is 1. The van der Waals surface area contributed by atoms with Crippen LogP contribution in [0.15, 0.2) is 58.1 Å². The largest absolute Gasteiger partial charge is 0.447 e. The molecule has 0 aromatic heterocycles. The molecule has 0 saturated carbocycles. The van der Waals surface area contributed by atoms with Crippen LogP contribution in [0.25, 0.3) is 0 Å². The first-order valence-corrected chi connectivity index (χ1v) is 10.5. The highest BCUT2D eigenvalue weighted by Crippen LogP contribution is 2.35. The summed E-state index contributed by atoms with van der Waals surface area (Å²) in [6.45, 7) is 4.59. The monoisotopic (exact) mass is 455 g/mol. The number of cyclic esters (lactones) is 1. The molecule has 2 amide bonds. The molecule has 0 N–H and O–H groups in total. The van der Waals surface area contributed by atoms with Crippen molar-refractivity contribution in [1.82, 2.24) is 4.90 Å². The molecule has 0 bridgehead atoms. The molecule has 0 radical (unpaired) electrons. The third-order valence-corrected chi connectivity index (χ3v) is 5.86. The Labute approximate surface area is 178 Å². The Bertz CT molecular complexity index is 974. The zero-order valence-electron chi connectivity index (χ0n) is 16.3. The molecule has 2 heterocycles. The number of rotatable bonds is 4. The lowest BCUT2D eigenvalue weighted by molar-refractivity contribution is -0.129. The summed E-state index contributed by atoms with van der Waals surface area (Å²) in [6, 6.07) is 15.2. The Morgan fingerprint density at radius 2 is 2.00 bits per heavy atom. The lowest BCUT2D eigenvalue weighted by atomic mass is 9.87. The maximum Gasteiger partial charge on any atom is 0.416 e. The highest BCUT2D eigenvalue weighted by atomic mass is 79.9. The number of halogens is 1. The number of nitrogens with zero attached hydrogens (tertiary/aromatic N) is 3. The van der Waals surface area contributed by atoms with Gasteiger partial charge in [0.1, 0.15) is 12.6 Å². The summed E-state index contributed by atoms with van der Waals surface area (Å²) in [4.78, 5) is 26.7. The van der Waals surface area contributed by atoms with Crippen molar-refractivity contribution in [2.45, 2.75) is 26.3 Å². The quantitative estimate of drug-likeness (QED) is 0.686. The van der Waals surface area contributed by atoms with Crippen LogP contribution >= 0.6 is 15.9 Å². The number of anilines is 1. The van der Waals surface area contributed by atoms with Crippen molar-refractivity contribution >= 4 is 39.3 Å². The van der Waals surface area contributed by atoms with Crippen LogP contribution in [-0.4, -0.2) is 41.8 Å². The van der Waals surface area contributed by atoms with Gasteiger partial charge in [0.15, 0.2) is 0 Å². The second-order valence-corrected chi connectivity index (χ2v) is 8.16. The van der Waals surface area contributed by atoms with Gasteiger partial charge >= 0.3 is 6.09 Å². The van der Waals surface area contributed by atoms with E-state index in [1.807, 2.05) is 56.3 Å². The number of hydrazone groups is 1. The third-order valence-electron chi connectivity index (χ3n) is 5.34. The van der Waals surface area contributed by atoms with Crippen LogP contribution in [0.5, 0.6) is 0 Å². The summed E-state index contributed by atoms with van der Waals surface area (Å²) in [5.74, 6) is -0.407. The van der Waals surface area contributed by atoms with E-state index in [4.69, 9.17) is 9.84 Å². The van der Waals surface area contributed by atoms with Gasteiger partial charge in [-0.3, -0.25) is 9.80 Å². The van der Waals surface area contributed by atoms with Gasteiger partial charge in [-0.1, -0.05) is 52.7 Å². The Hall–Kier alpha value is -2.67. The minimum absolute atomic E-state index is 0.138. The van der Waals surface area contributed by atoms with E-state index in [9.17, 15) is 9.59 Å². The fourth-order valence-electron chi connectivity index (χ4n) is 3.91. The molecule has 2 aromatic rings. The van der Waals surface area contributed by atoms with Gasteiger partial charge in [0.05, 0.1) is 17.9 Å². The number of ether oxygens (including phenoxy) is 1. The lowest BCUT2D eigenvalue weighted by Crippen LogP contribution is -2.49. The number of carbonyl (C=O) groups excluding carboxylic acids is 2. The van der Waals surface area contributed by atoms with Gasteiger partial charge in [0, 0.05) is 10.4 Å². The normalized spacial score (nSPS) is 21.3. The molecule has 2 aliphatic rings. The van der Waals surface area contributed by atoms with E-state index in [0.717, 1.165) is 33.4 Å². The fourth-order valence-corrected chi connectivity index (χ4v) is 4.17. The Morgan fingerprint density at radius 3 is 2.62 bits per heavy atom. The zero-order valence-corrected chi connectivity index (χ0v) is 17.9. The average molecular weight is 456 g/mol. The molecule has 29 heavy (non-hydrogen) atoms. The summed E-state index contributed by atoms with van der Waals surface area (Å²) in [7, 11) is 0. The molecule has 0 aliphatic carbocycles. The van der Waals surface area contributed by atoms with Gasteiger partial charge in [-0.05, 0) is 43.2 Å². The number of imide groups is 1. The minimum atomic E-state index is -0.595. The van der Waals surface area contributed by atoms with Crippen molar-refractivity contribution in [1.29, 1.82) is 0 Å². The van der Waals surface area contributed by atoms with Crippen LogP contribution in [0.1, 0.15) is 24.5 Å². The van der Waals surface area contributed by atoms with Crippen LogP contribution in [0.3, 0.4) is 0 Å². The van der Waals surface area contributed by atoms with Crippen LogP contribution in [0.4, 0.5) is 10.5 Å². The zero-order chi connectivity index (χ0) is 20.5. The highest BCUT2D eigenvalue weighted by molar-refractivity contribution is 9.10. The molecule has 0 spiro atoms. The van der Waals surface area contributed by atoms with Gasteiger partial charge in [0.25, 0.3) is 5.91 Å². The van der Waals surface area contributed by atoms with Crippen molar-refractivity contribution in [3.05, 3.63) is 64.1 Å². The van der Waals surface area contributed by atoms with Crippen molar-refractivity contribution in [2.24, 2.45) is 11.0 Å². The summed E-state index contributed by atoms with van der Waals surface area (Å²) in [5, 5.41) is 6.64. The predicted octanol–water partition coefficient (Wildman–Crippen LogP) is 4.36. The van der Waals surface area contributed by atoms with Crippen LogP contribution in [0.2, 0.25) is 0 Å². The first kappa shape index (κ1) is 19.6. The molecule has 6 nitrogen and oxygen atoms in total. The van der Waals surface area contributed by atoms with Gasteiger partial charge in [-0.15, -0.1) is 0 Å². The number of amides is 2. The molecule has 2 aliphatic heterocycles. The fraction of sp³-hybridized carbons (Fsp3) is 0.318. The SMILES string of the molecule is CC[C@H]1C(c2cccc(C)c2)=NN(c2ccc(Br)cc2)[C@@H]1C(=O)N1CCOC1=O. The summed E-state index contributed by atoms with van der Waals surface area (Å²) >= 11 is 3.45. The first-order chi connectivity index (χ1) is 14.0. The number of hydrogen-bond donors (Lipinski definition) is 0. The molecule has 1 saturated heterocycles. The average Bonchev–Trinajstić information content (AvgIpc) is 3.31. The number of hydrogen-bond acceptors (Lipinski definition) is 5. The third kappa shape index (κ3) is 3.67. The van der Waals surface area contributed by atoms with E-state index in [1.165, 1.54) is 4.90 Å². The number of carbonyl (C=O) groups is 2. The maximum absolute atomic E-state index is 13.4. The van der Waals surface area contributed by atoms with Gasteiger partial charge in [-0.2, -0.15) is 5.10 Å². The smallest absolute Gasteiger partial charge is 0.416 e. The molecule has 0 unspecified atom stereocenters. The van der Waals surface area contributed by atoms with E-state index in [2.05, 4.69) is 22.0 Å². The van der Waals surface area contributed by atoms with Crippen LogP contribution in [-0.2, 0) is 9.53 Å². The lowest BCUT2D eigenvalue weighted by Gasteiger charge is -2.28. The maximum atomic E-state index is 13.4. The topological polar surface area (TPSA) is 62.2 Å². The van der Waals surface area contributed by atoms with E-state index < -0.39 is 12.1 Å². The second kappa shape index (κ2) is 7.99. The minimum Gasteiger partial charge on any atom is -0.447 e. The summed E-state index contributed by atoms with van der Waals surface area (Å²) < 4.78 is 5.95. The molecule has 7 heteroatoms. The van der Waals surface area contributed by atoms with Gasteiger partial charge in [-0.25, -0.2) is 9.69 Å². The van der Waals surface area contributed by atoms with Crippen molar-refractivity contribution in [3.8, 4) is 0 Å². The molecule has 4 rings (SSSR count). The van der Waals surface area contributed by atoms with Crippen molar-refractivity contribution in [2.75, 3.05) is 18.2 Å². The Kier molecular flexibility index (Phi) is 5.41. The van der Waals surface area contributed by atoms with Crippen molar-refractivity contribution < 1.29 is 14.3 Å². The van der Waals surface area contributed by atoms with Crippen LogP contribution < -0.4 is 5.01 Å². The molecule has 150 valence electrons. The summed E-state index contributed by atoms with van der Waals surface area (Å²) in [5.41, 5.74) is 3.80. The highest BCUT2D eigenvalue weighted by Gasteiger charge is 2.46. The molecule has 1 fully saturated rings. The Morgan fingerprint density at radius 1 is 1.24 bits per heavy atom. The molecule has 2 atom stereocenters. The van der Waals surface area contributed by atoms with Crippen LogP contribution in [0, 0.1) is 12.8 Å². The van der Waals surface area contributed by atoms with Gasteiger partial charge < -0.3 is 4.74 Å².